The molecule has 0 atom stereocenters. The molecule has 19 heavy (non-hydrogen) atoms. The van der Waals surface area contributed by atoms with Gasteiger partial charge in [-0.3, -0.25) is 0 Å². The lowest BCUT2D eigenvalue weighted by Gasteiger charge is -2.19. The molecule has 108 valence electrons. The van der Waals surface area contributed by atoms with E-state index < -0.39 is 5.69 Å². The van der Waals surface area contributed by atoms with Gasteiger partial charge in [0.15, 0.2) is 0 Å². The molecule has 1 aromatic rings. The Balaban J connectivity index is 2.20. The van der Waals surface area contributed by atoms with E-state index in [0.717, 1.165) is 17.3 Å². The molecule has 0 aliphatic carbocycles. The van der Waals surface area contributed by atoms with Crippen molar-refractivity contribution in [3.8, 4) is 0 Å². The van der Waals surface area contributed by atoms with Crippen LogP contribution in [0.4, 0.5) is 0 Å². The summed E-state index contributed by atoms with van der Waals surface area (Å²) in [6.45, 7) is 5.18. The lowest BCUT2D eigenvalue weighted by atomic mass is 10.2. The summed E-state index contributed by atoms with van der Waals surface area (Å²) in [5, 5.41) is 0. The van der Waals surface area contributed by atoms with Crippen molar-refractivity contribution < 1.29 is 9.05 Å². The molecule has 0 saturated heterocycles. The van der Waals surface area contributed by atoms with Gasteiger partial charge >= 0.3 is 0 Å². The monoisotopic (exact) mass is 336 g/mol. The quantitative estimate of drug-likeness (QED) is 0.443. The van der Waals surface area contributed by atoms with Crippen molar-refractivity contribution in [3.63, 3.8) is 0 Å². The third kappa shape index (κ3) is 7.74. The maximum absolute atomic E-state index is 5.59. The summed E-state index contributed by atoms with van der Waals surface area (Å²) >= 11 is 9.06. The van der Waals surface area contributed by atoms with E-state index in [1.165, 1.54) is 5.56 Å². The van der Waals surface area contributed by atoms with E-state index in [1.54, 1.807) is 11.4 Å². The van der Waals surface area contributed by atoms with E-state index in [1.807, 2.05) is 31.7 Å². The first-order chi connectivity index (χ1) is 9.20. The molecular formula is C13H21O2PS3. The van der Waals surface area contributed by atoms with Crippen LogP contribution in [-0.4, -0.2) is 24.7 Å². The average molecular weight is 336 g/mol. The molecule has 0 fully saturated rings. The molecule has 0 heterocycles. The van der Waals surface area contributed by atoms with Crippen LogP contribution in [0.2, 0.25) is 0 Å². The fraction of sp³-hybridized carbons (Fsp3) is 0.538. The highest BCUT2D eigenvalue weighted by Gasteiger charge is 2.17. The Bertz CT molecular complexity index is 377. The third-order valence-electron chi connectivity index (χ3n) is 2.16. The van der Waals surface area contributed by atoms with Crippen LogP contribution in [0.25, 0.3) is 0 Å². The van der Waals surface area contributed by atoms with Crippen molar-refractivity contribution in [2.75, 3.05) is 24.7 Å². The van der Waals surface area contributed by atoms with Gasteiger partial charge in [-0.05, 0) is 31.2 Å². The Morgan fingerprint density at radius 1 is 1.05 bits per heavy atom. The molecule has 1 aromatic carbocycles. The lowest BCUT2D eigenvalue weighted by molar-refractivity contribution is 0.280. The molecule has 0 saturated carbocycles. The van der Waals surface area contributed by atoms with Crippen LogP contribution in [0.5, 0.6) is 0 Å². The van der Waals surface area contributed by atoms with Gasteiger partial charge in [0.2, 0.25) is 5.69 Å². The molecule has 0 bridgehead atoms. The Labute approximate surface area is 130 Å². The van der Waals surface area contributed by atoms with E-state index in [4.69, 9.17) is 20.9 Å². The van der Waals surface area contributed by atoms with Crippen LogP contribution in [-0.2, 0) is 26.6 Å². The summed E-state index contributed by atoms with van der Waals surface area (Å²) < 4.78 is 11.2. The van der Waals surface area contributed by atoms with Gasteiger partial charge in [-0.1, -0.05) is 41.7 Å². The Morgan fingerprint density at radius 2 is 1.68 bits per heavy atom. The zero-order chi connectivity index (χ0) is 14.0. The lowest BCUT2D eigenvalue weighted by Crippen LogP contribution is -1.94. The summed E-state index contributed by atoms with van der Waals surface area (Å²) in [5.74, 6) is 3.10. The fourth-order valence-corrected chi connectivity index (χ4v) is 7.55. The van der Waals surface area contributed by atoms with E-state index in [2.05, 4.69) is 24.3 Å². The number of hydrogen-bond donors (Lipinski definition) is 0. The van der Waals surface area contributed by atoms with E-state index in [-0.39, 0.29) is 0 Å². The highest BCUT2D eigenvalue weighted by molar-refractivity contribution is 8.68. The third-order valence-corrected chi connectivity index (χ3v) is 9.01. The zero-order valence-corrected chi connectivity index (χ0v) is 14.8. The fourth-order valence-electron chi connectivity index (χ4n) is 1.40. The van der Waals surface area contributed by atoms with Crippen LogP contribution in [0.3, 0.4) is 0 Å². The first-order valence-electron chi connectivity index (χ1n) is 6.35. The molecule has 0 aliphatic rings. The van der Waals surface area contributed by atoms with Gasteiger partial charge in [-0.2, -0.15) is 11.8 Å². The van der Waals surface area contributed by atoms with Crippen LogP contribution in [0.15, 0.2) is 30.3 Å². The van der Waals surface area contributed by atoms with Crippen molar-refractivity contribution in [2.24, 2.45) is 0 Å². The van der Waals surface area contributed by atoms with Crippen LogP contribution < -0.4 is 0 Å². The number of hydrogen-bond acceptors (Lipinski definition) is 5. The van der Waals surface area contributed by atoms with Gasteiger partial charge in [0.1, 0.15) is 0 Å². The molecule has 2 nitrogen and oxygen atoms in total. The van der Waals surface area contributed by atoms with Gasteiger partial charge < -0.3 is 9.05 Å². The summed E-state index contributed by atoms with van der Waals surface area (Å²) in [5.41, 5.74) is -0.728. The summed E-state index contributed by atoms with van der Waals surface area (Å²) in [6.07, 6.45) is 0. The Morgan fingerprint density at radius 3 is 2.26 bits per heavy atom. The normalized spacial score (nSPS) is 11.7. The molecule has 0 aromatic heterocycles. The summed E-state index contributed by atoms with van der Waals surface area (Å²) in [6, 6.07) is 10.5. The maximum Gasteiger partial charge on any atom is 0.247 e. The minimum absolute atomic E-state index is 0.626. The van der Waals surface area contributed by atoms with Gasteiger partial charge in [0, 0.05) is 17.3 Å². The average Bonchev–Trinajstić information content (AvgIpc) is 2.40. The number of benzene rings is 1. The highest BCUT2D eigenvalue weighted by Crippen LogP contribution is 2.60. The molecular weight excluding hydrogens is 315 g/mol. The second kappa shape index (κ2) is 10.3. The Kier molecular flexibility index (Phi) is 9.46. The largest absolute Gasteiger partial charge is 0.322 e. The predicted molar refractivity (Wildman–Crippen MR) is 92.6 cm³/mol. The van der Waals surface area contributed by atoms with Crippen molar-refractivity contribution in [1.82, 2.24) is 0 Å². The van der Waals surface area contributed by atoms with Crippen molar-refractivity contribution in [3.05, 3.63) is 35.9 Å². The molecule has 0 radical (unpaired) electrons. The maximum atomic E-state index is 5.59. The van der Waals surface area contributed by atoms with Gasteiger partial charge in [0.25, 0.3) is 0 Å². The standard InChI is InChI=1S/C13H21O2PS3/c1-3-14-16(17,15-4-2)19-11-10-18-12-13-8-6-5-7-9-13/h5-9H,3-4,10-12H2,1-2H3. The Hall–Kier alpha value is 0.490. The molecule has 0 spiro atoms. The van der Waals surface area contributed by atoms with E-state index >= 15 is 0 Å². The first kappa shape index (κ1) is 17.5. The second-order valence-electron chi connectivity index (χ2n) is 3.65. The van der Waals surface area contributed by atoms with Gasteiger partial charge in [-0.25, -0.2) is 0 Å². The van der Waals surface area contributed by atoms with Crippen molar-refractivity contribution in [2.45, 2.75) is 19.6 Å². The van der Waals surface area contributed by atoms with Crippen LogP contribution in [0.1, 0.15) is 19.4 Å². The number of rotatable bonds is 10. The second-order valence-corrected chi connectivity index (χ2v) is 11.2. The van der Waals surface area contributed by atoms with E-state index in [9.17, 15) is 0 Å². The number of thioether (sulfide) groups is 1. The minimum atomic E-state index is -2.09. The SMILES string of the molecule is CCOP(=S)(OCC)SCCSCc1ccccc1. The topological polar surface area (TPSA) is 18.5 Å². The van der Waals surface area contributed by atoms with Gasteiger partial charge in [0.05, 0.1) is 13.2 Å². The molecule has 0 amide bonds. The summed E-state index contributed by atoms with van der Waals surface area (Å²) in [4.78, 5) is 0. The molecule has 0 N–H and O–H groups in total. The smallest absolute Gasteiger partial charge is 0.247 e. The molecule has 0 unspecified atom stereocenters. The molecule has 0 aliphatic heterocycles. The first-order valence-corrected chi connectivity index (χ1v) is 11.7. The predicted octanol–water partition coefficient (Wildman–Crippen LogP) is 4.95. The van der Waals surface area contributed by atoms with Crippen molar-refractivity contribution >= 4 is 40.6 Å². The van der Waals surface area contributed by atoms with Crippen LogP contribution in [0, 0.1) is 0 Å². The van der Waals surface area contributed by atoms with Gasteiger partial charge in [-0.15, -0.1) is 0 Å². The van der Waals surface area contributed by atoms with E-state index in [0.29, 0.717) is 13.2 Å². The molecule has 6 heteroatoms. The zero-order valence-electron chi connectivity index (χ0n) is 11.4. The van der Waals surface area contributed by atoms with Crippen LogP contribution >= 0.6 is 28.8 Å². The minimum Gasteiger partial charge on any atom is -0.322 e. The van der Waals surface area contributed by atoms with Crippen molar-refractivity contribution in [1.29, 1.82) is 0 Å². The highest BCUT2D eigenvalue weighted by atomic mass is 32.9. The summed E-state index contributed by atoms with van der Waals surface area (Å²) in [7, 11) is 0. The molecule has 1 rings (SSSR count).